The molecule has 1 aromatic heterocycles. The van der Waals surface area contributed by atoms with E-state index in [1.54, 1.807) is 12.1 Å². The molecule has 0 bridgehead atoms. The average molecular weight is 422 g/mol. The number of hydrogen-bond donors (Lipinski definition) is 1. The highest BCUT2D eigenvalue weighted by Crippen LogP contribution is 2.28. The lowest BCUT2D eigenvalue weighted by Crippen LogP contribution is -2.11. The summed E-state index contributed by atoms with van der Waals surface area (Å²) in [5.41, 5.74) is 8.86. The van der Waals surface area contributed by atoms with E-state index in [4.69, 9.17) is 21.5 Å². The predicted molar refractivity (Wildman–Crippen MR) is 108 cm³/mol. The number of imidazole rings is 1. The first-order valence-corrected chi connectivity index (χ1v) is 10.8. The largest absolute Gasteiger partial charge is 0.366 e. The van der Waals surface area contributed by atoms with Crippen LogP contribution >= 0.6 is 11.6 Å². The number of carbonyl (C=O) groups excluding carboxylic acids is 1. The molecule has 0 spiro atoms. The molecule has 3 aromatic rings. The van der Waals surface area contributed by atoms with Gasteiger partial charge in [-0.05, 0) is 36.2 Å². The molecule has 0 aliphatic carbocycles. The zero-order valence-electron chi connectivity index (χ0n) is 15.5. The molecule has 0 saturated carbocycles. The second-order valence-corrected chi connectivity index (χ2v) is 8.40. The number of aromatic nitrogens is 2. The molecule has 0 fully saturated rings. The summed E-state index contributed by atoms with van der Waals surface area (Å²) in [5, 5.41) is 0.276. The highest BCUT2D eigenvalue weighted by atomic mass is 35.5. The average Bonchev–Trinajstić information content (AvgIpc) is 2.98. The van der Waals surface area contributed by atoms with E-state index < -0.39 is 16.0 Å². The van der Waals surface area contributed by atoms with E-state index in [0.29, 0.717) is 18.4 Å². The number of halogens is 1. The van der Waals surface area contributed by atoms with Crippen LogP contribution in [-0.2, 0) is 27.1 Å². The van der Waals surface area contributed by atoms with Gasteiger partial charge < -0.3 is 5.73 Å². The van der Waals surface area contributed by atoms with Gasteiger partial charge in [0.1, 0.15) is 5.82 Å². The molecule has 1 amide bonds. The van der Waals surface area contributed by atoms with Gasteiger partial charge in [-0.3, -0.25) is 13.5 Å². The molecule has 0 aliphatic heterocycles. The fourth-order valence-electron chi connectivity index (χ4n) is 2.98. The van der Waals surface area contributed by atoms with Crippen molar-refractivity contribution in [3.05, 3.63) is 58.4 Å². The van der Waals surface area contributed by atoms with Gasteiger partial charge in [0.2, 0.25) is 5.91 Å². The molecule has 7 nitrogen and oxygen atoms in total. The van der Waals surface area contributed by atoms with Crippen LogP contribution in [0.5, 0.6) is 0 Å². The van der Waals surface area contributed by atoms with Crippen molar-refractivity contribution < 1.29 is 17.4 Å². The van der Waals surface area contributed by atoms with Crippen molar-refractivity contribution >= 4 is 38.7 Å². The third-order valence-electron chi connectivity index (χ3n) is 4.28. The Hall–Kier alpha value is -2.42. The molecule has 2 aromatic carbocycles. The minimum Gasteiger partial charge on any atom is -0.366 e. The summed E-state index contributed by atoms with van der Waals surface area (Å²) in [5.74, 6) is 0.223. The van der Waals surface area contributed by atoms with Crippen molar-refractivity contribution in [2.75, 3.05) is 12.9 Å². The van der Waals surface area contributed by atoms with Crippen LogP contribution in [0.4, 0.5) is 0 Å². The van der Waals surface area contributed by atoms with E-state index in [9.17, 15) is 13.2 Å². The summed E-state index contributed by atoms with van der Waals surface area (Å²) < 4.78 is 28.8. The number of rotatable bonds is 7. The smallest absolute Gasteiger partial charge is 0.264 e. The van der Waals surface area contributed by atoms with Crippen LogP contribution in [0.2, 0.25) is 5.02 Å². The number of primary amides is 1. The van der Waals surface area contributed by atoms with Crippen LogP contribution in [-0.4, -0.2) is 36.7 Å². The number of aryl methyl sites for hydroxylation is 1. The van der Waals surface area contributed by atoms with Crippen molar-refractivity contribution in [2.24, 2.45) is 5.73 Å². The summed E-state index contributed by atoms with van der Waals surface area (Å²) in [6, 6.07) is 11.0. The van der Waals surface area contributed by atoms with Gasteiger partial charge in [-0.2, -0.15) is 8.42 Å². The van der Waals surface area contributed by atoms with Crippen LogP contribution in [0.3, 0.4) is 0 Å². The summed E-state index contributed by atoms with van der Waals surface area (Å²) in [6.07, 6.45) is 2.19. The molecule has 3 rings (SSSR count). The normalized spacial score (nSPS) is 11.8. The van der Waals surface area contributed by atoms with E-state index in [-0.39, 0.29) is 17.2 Å². The van der Waals surface area contributed by atoms with E-state index >= 15 is 0 Å². The van der Waals surface area contributed by atoms with Gasteiger partial charge in [-0.1, -0.05) is 30.7 Å². The molecular formula is C19H20ClN3O4S. The van der Waals surface area contributed by atoms with Gasteiger partial charge in [0, 0.05) is 12.1 Å². The van der Waals surface area contributed by atoms with Crippen molar-refractivity contribution in [3.8, 4) is 5.69 Å². The summed E-state index contributed by atoms with van der Waals surface area (Å²) in [6.45, 7) is 2.09. The summed E-state index contributed by atoms with van der Waals surface area (Å²) in [4.78, 5) is 16.1. The maximum atomic E-state index is 11.5. The van der Waals surface area contributed by atoms with E-state index in [2.05, 4.69) is 4.98 Å². The van der Waals surface area contributed by atoms with Crippen LogP contribution in [0.1, 0.15) is 28.7 Å². The van der Waals surface area contributed by atoms with Gasteiger partial charge in [-0.25, -0.2) is 4.98 Å². The van der Waals surface area contributed by atoms with Crippen LogP contribution in [0.15, 0.2) is 36.4 Å². The Balaban J connectivity index is 1.96. The van der Waals surface area contributed by atoms with E-state index in [1.807, 2.05) is 35.8 Å². The number of hydrogen-bond acceptors (Lipinski definition) is 5. The zero-order chi connectivity index (χ0) is 20.5. The fraction of sp³-hybridized carbons (Fsp3) is 0.263. The Morgan fingerprint density at radius 2 is 1.93 bits per heavy atom. The molecule has 0 atom stereocenters. The molecule has 0 saturated heterocycles. The summed E-state index contributed by atoms with van der Waals surface area (Å²) >= 11 is 6.22. The minimum absolute atomic E-state index is 0.0951. The quantitative estimate of drug-likeness (QED) is 0.590. The van der Waals surface area contributed by atoms with Crippen molar-refractivity contribution in [1.82, 2.24) is 9.55 Å². The number of carbonyl (C=O) groups is 1. The molecule has 0 radical (unpaired) electrons. The molecule has 2 N–H and O–H groups in total. The van der Waals surface area contributed by atoms with Gasteiger partial charge in [-0.15, -0.1) is 0 Å². The maximum absolute atomic E-state index is 11.5. The van der Waals surface area contributed by atoms with Crippen molar-refractivity contribution in [3.63, 3.8) is 0 Å². The first-order chi connectivity index (χ1) is 13.2. The number of nitrogens with two attached hydrogens (primary N) is 1. The lowest BCUT2D eigenvalue weighted by atomic mass is 10.1. The Bertz CT molecular complexity index is 1140. The molecule has 28 heavy (non-hydrogen) atoms. The first kappa shape index (κ1) is 20.3. The van der Waals surface area contributed by atoms with Crippen molar-refractivity contribution in [1.29, 1.82) is 0 Å². The third kappa shape index (κ3) is 4.35. The summed E-state index contributed by atoms with van der Waals surface area (Å²) in [7, 11) is -3.44. The maximum Gasteiger partial charge on any atom is 0.264 e. The van der Waals surface area contributed by atoms with Crippen LogP contribution < -0.4 is 5.73 Å². The first-order valence-electron chi connectivity index (χ1n) is 8.64. The Labute approximate surface area is 168 Å². The highest BCUT2D eigenvalue weighted by Gasteiger charge is 2.16. The Morgan fingerprint density at radius 1 is 1.25 bits per heavy atom. The van der Waals surface area contributed by atoms with Gasteiger partial charge >= 0.3 is 0 Å². The van der Waals surface area contributed by atoms with Gasteiger partial charge in [0.25, 0.3) is 10.1 Å². The number of fused-ring (bicyclic) bond motifs is 1. The molecule has 9 heteroatoms. The second kappa shape index (κ2) is 7.90. The van der Waals surface area contributed by atoms with E-state index in [1.165, 1.54) is 0 Å². The Kier molecular flexibility index (Phi) is 5.74. The highest BCUT2D eigenvalue weighted by molar-refractivity contribution is 7.85. The fourth-order valence-corrected chi connectivity index (χ4v) is 3.62. The SMILES string of the molecule is CCc1nc2cc(C(N)=O)c(Cl)cc2n1-c1ccc(CCOS(C)(=O)=O)cc1. The third-order valence-corrected chi connectivity index (χ3v) is 5.18. The topological polar surface area (TPSA) is 104 Å². The van der Waals surface area contributed by atoms with E-state index in [0.717, 1.165) is 28.8 Å². The Morgan fingerprint density at radius 3 is 2.50 bits per heavy atom. The lowest BCUT2D eigenvalue weighted by Gasteiger charge is -2.10. The molecule has 0 aliphatic rings. The minimum atomic E-state index is -3.44. The zero-order valence-corrected chi connectivity index (χ0v) is 17.0. The van der Waals surface area contributed by atoms with Crippen LogP contribution in [0.25, 0.3) is 16.7 Å². The van der Waals surface area contributed by atoms with Crippen LogP contribution in [0, 0.1) is 0 Å². The number of nitrogens with zero attached hydrogens (tertiary/aromatic N) is 2. The molecule has 0 unspecified atom stereocenters. The number of amides is 1. The lowest BCUT2D eigenvalue weighted by molar-refractivity contribution is 0.100. The van der Waals surface area contributed by atoms with Gasteiger partial charge in [0.15, 0.2) is 0 Å². The second-order valence-electron chi connectivity index (χ2n) is 6.34. The molecule has 148 valence electrons. The standard InChI is InChI=1S/C19H20ClN3O4S/c1-3-18-22-16-10-14(19(21)24)15(20)11-17(16)23(18)13-6-4-12(5-7-13)8-9-27-28(2,25)26/h4-7,10-11H,3,8-9H2,1-2H3,(H2,21,24). The molecule has 1 heterocycles. The predicted octanol–water partition coefficient (Wildman–Crippen LogP) is 2.86. The monoisotopic (exact) mass is 421 g/mol. The van der Waals surface area contributed by atoms with Gasteiger partial charge in [0.05, 0.1) is 34.5 Å². The molecular weight excluding hydrogens is 402 g/mol. The van der Waals surface area contributed by atoms with Crippen molar-refractivity contribution in [2.45, 2.75) is 19.8 Å². The number of benzene rings is 2.